The van der Waals surface area contributed by atoms with Gasteiger partial charge < -0.3 is 15.0 Å². The summed E-state index contributed by atoms with van der Waals surface area (Å²) in [6, 6.07) is 8.03. The molecule has 1 heterocycles. The predicted molar refractivity (Wildman–Crippen MR) is 109 cm³/mol. The van der Waals surface area contributed by atoms with Gasteiger partial charge in [-0.2, -0.15) is 0 Å². The van der Waals surface area contributed by atoms with E-state index in [0.29, 0.717) is 6.54 Å². The van der Waals surface area contributed by atoms with Crippen LogP contribution in [-0.2, 0) is 6.42 Å². The Balaban J connectivity index is 1.34. The molecule has 0 bridgehead atoms. The van der Waals surface area contributed by atoms with E-state index in [4.69, 9.17) is 4.74 Å². The Hall–Kier alpha value is -2.01. The maximum Gasteiger partial charge on any atom is 0.317 e. The third-order valence-corrected chi connectivity index (χ3v) is 5.66. The standard InChI is InChI=1S/C22H33N3O2/c1-27-21-10-6-5-9-20(21)11-13-23-22(26)25-17-15-24(16-18-25)14-12-19-7-3-2-4-8-19/h5-7,9-10H,2-4,8,11-18H2,1H3,(H,23,26). The molecule has 5 heteroatoms. The molecule has 27 heavy (non-hydrogen) atoms. The van der Waals surface area contributed by atoms with Gasteiger partial charge in [-0.25, -0.2) is 4.79 Å². The fraction of sp³-hybridized carbons (Fsp3) is 0.591. The SMILES string of the molecule is COc1ccccc1CCNC(=O)N1CCN(CCC2=CCCCC2)CC1. The number of urea groups is 1. The Labute approximate surface area is 163 Å². The second kappa shape index (κ2) is 10.4. The summed E-state index contributed by atoms with van der Waals surface area (Å²) in [5, 5.41) is 3.05. The van der Waals surface area contributed by atoms with Crippen LogP contribution in [0.4, 0.5) is 4.79 Å². The highest BCUT2D eigenvalue weighted by Crippen LogP contribution is 2.20. The first-order chi connectivity index (χ1) is 13.3. The maximum absolute atomic E-state index is 12.4. The second-order valence-corrected chi connectivity index (χ2v) is 7.48. The normalized spacial score (nSPS) is 18.1. The molecule has 0 saturated carbocycles. The van der Waals surface area contributed by atoms with Crippen molar-refractivity contribution in [2.75, 3.05) is 46.4 Å². The number of ether oxygens (including phenoxy) is 1. The first-order valence-electron chi connectivity index (χ1n) is 10.3. The predicted octanol–water partition coefficient (Wildman–Crippen LogP) is 3.46. The minimum absolute atomic E-state index is 0.0551. The summed E-state index contributed by atoms with van der Waals surface area (Å²) < 4.78 is 5.37. The van der Waals surface area contributed by atoms with Gasteiger partial charge in [0.25, 0.3) is 0 Å². The molecule has 0 spiro atoms. The number of piperazine rings is 1. The second-order valence-electron chi connectivity index (χ2n) is 7.48. The molecule has 2 aliphatic rings. The van der Waals surface area contributed by atoms with Crippen LogP contribution >= 0.6 is 0 Å². The summed E-state index contributed by atoms with van der Waals surface area (Å²) >= 11 is 0. The van der Waals surface area contributed by atoms with E-state index in [-0.39, 0.29) is 6.03 Å². The summed E-state index contributed by atoms with van der Waals surface area (Å²) in [6.07, 6.45) is 9.68. The lowest BCUT2D eigenvalue weighted by Gasteiger charge is -2.35. The van der Waals surface area contributed by atoms with Crippen molar-refractivity contribution >= 4 is 6.03 Å². The summed E-state index contributed by atoms with van der Waals surface area (Å²) in [6.45, 7) is 5.36. The van der Waals surface area contributed by atoms with E-state index < -0.39 is 0 Å². The van der Waals surface area contributed by atoms with Gasteiger partial charge in [-0.1, -0.05) is 29.8 Å². The summed E-state index contributed by atoms with van der Waals surface area (Å²) in [7, 11) is 1.68. The number of nitrogens with one attached hydrogen (secondary N) is 1. The van der Waals surface area contributed by atoms with Crippen molar-refractivity contribution in [1.29, 1.82) is 0 Å². The molecule has 0 atom stereocenters. The molecule has 1 aliphatic heterocycles. The molecule has 0 unspecified atom stereocenters. The molecule has 2 amide bonds. The van der Waals surface area contributed by atoms with Crippen LogP contribution in [-0.4, -0.2) is 62.2 Å². The van der Waals surface area contributed by atoms with Gasteiger partial charge in [0.15, 0.2) is 0 Å². The Morgan fingerprint density at radius 3 is 2.67 bits per heavy atom. The van der Waals surface area contributed by atoms with Gasteiger partial charge in [0.2, 0.25) is 0 Å². The molecule has 1 N–H and O–H groups in total. The summed E-state index contributed by atoms with van der Waals surface area (Å²) in [5.74, 6) is 0.883. The molecule has 0 aromatic heterocycles. The number of carbonyl (C=O) groups is 1. The molecule has 0 radical (unpaired) electrons. The van der Waals surface area contributed by atoms with Crippen molar-refractivity contribution in [1.82, 2.24) is 15.1 Å². The topological polar surface area (TPSA) is 44.8 Å². The van der Waals surface area contributed by atoms with E-state index in [0.717, 1.165) is 50.5 Å². The largest absolute Gasteiger partial charge is 0.496 e. The van der Waals surface area contributed by atoms with Gasteiger partial charge in [0.05, 0.1) is 7.11 Å². The number of rotatable bonds is 7. The van der Waals surface area contributed by atoms with Crippen LogP contribution in [0, 0.1) is 0 Å². The van der Waals surface area contributed by atoms with Crippen LogP contribution in [0.25, 0.3) is 0 Å². The number of nitrogens with zero attached hydrogens (tertiary/aromatic N) is 2. The Morgan fingerprint density at radius 2 is 1.93 bits per heavy atom. The van der Waals surface area contributed by atoms with Gasteiger partial charge in [0.1, 0.15) is 5.75 Å². The average Bonchev–Trinajstić information content (AvgIpc) is 2.73. The van der Waals surface area contributed by atoms with Crippen molar-refractivity contribution in [3.8, 4) is 5.75 Å². The minimum Gasteiger partial charge on any atom is -0.496 e. The van der Waals surface area contributed by atoms with Gasteiger partial charge >= 0.3 is 6.03 Å². The van der Waals surface area contributed by atoms with Gasteiger partial charge in [0, 0.05) is 39.3 Å². The molecule has 3 rings (SSSR count). The number of hydrogen-bond donors (Lipinski definition) is 1. The molecular formula is C22H33N3O2. The van der Waals surface area contributed by atoms with Crippen LogP contribution in [0.15, 0.2) is 35.9 Å². The Morgan fingerprint density at radius 1 is 1.11 bits per heavy atom. The number of methoxy groups -OCH3 is 1. The highest BCUT2D eigenvalue weighted by atomic mass is 16.5. The van der Waals surface area contributed by atoms with Crippen molar-refractivity contribution in [2.24, 2.45) is 0 Å². The van der Waals surface area contributed by atoms with Crippen LogP contribution < -0.4 is 10.1 Å². The third-order valence-electron chi connectivity index (χ3n) is 5.66. The Kier molecular flexibility index (Phi) is 7.57. The van der Waals surface area contributed by atoms with E-state index in [1.54, 1.807) is 12.7 Å². The van der Waals surface area contributed by atoms with Crippen molar-refractivity contribution in [3.05, 3.63) is 41.5 Å². The van der Waals surface area contributed by atoms with Crippen molar-refractivity contribution in [3.63, 3.8) is 0 Å². The first kappa shape index (κ1) is 19.7. The Bertz CT molecular complexity index is 636. The van der Waals surface area contributed by atoms with Gasteiger partial charge in [-0.3, -0.25) is 4.90 Å². The number of para-hydroxylation sites is 1. The van der Waals surface area contributed by atoms with Crippen molar-refractivity contribution < 1.29 is 9.53 Å². The van der Waals surface area contributed by atoms with Crippen LogP contribution in [0.3, 0.4) is 0 Å². The van der Waals surface area contributed by atoms with Crippen LogP contribution in [0.2, 0.25) is 0 Å². The lowest BCUT2D eigenvalue weighted by atomic mass is 9.97. The minimum atomic E-state index is 0.0551. The highest BCUT2D eigenvalue weighted by molar-refractivity contribution is 5.74. The highest BCUT2D eigenvalue weighted by Gasteiger charge is 2.20. The third kappa shape index (κ3) is 5.99. The number of hydrogen-bond acceptors (Lipinski definition) is 3. The molecule has 1 aliphatic carbocycles. The molecule has 1 aromatic rings. The van der Waals surface area contributed by atoms with Crippen LogP contribution in [0.5, 0.6) is 5.75 Å². The zero-order valence-corrected chi connectivity index (χ0v) is 16.6. The molecule has 5 nitrogen and oxygen atoms in total. The van der Waals surface area contributed by atoms with Crippen molar-refractivity contribution in [2.45, 2.75) is 38.5 Å². The lowest BCUT2D eigenvalue weighted by molar-refractivity contribution is 0.140. The smallest absolute Gasteiger partial charge is 0.317 e. The molecular weight excluding hydrogens is 338 g/mol. The summed E-state index contributed by atoms with van der Waals surface area (Å²) in [4.78, 5) is 16.8. The van der Waals surface area contributed by atoms with E-state index in [1.165, 1.54) is 32.1 Å². The van der Waals surface area contributed by atoms with Gasteiger partial charge in [-0.15, -0.1) is 0 Å². The maximum atomic E-state index is 12.4. The quantitative estimate of drug-likeness (QED) is 0.747. The average molecular weight is 372 g/mol. The number of benzene rings is 1. The fourth-order valence-electron chi connectivity index (χ4n) is 3.93. The molecule has 1 aromatic carbocycles. The number of allylic oxidation sites excluding steroid dienone is 1. The van der Waals surface area contributed by atoms with E-state index in [1.807, 2.05) is 29.2 Å². The monoisotopic (exact) mass is 371 g/mol. The number of carbonyl (C=O) groups excluding carboxylic acids is 1. The summed E-state index contributed by atoms with van der Waals surface area (Å²) in [5.41, 5.74) is 2.76. The van der Waals surface area contributed by atoms with Crippen LogP contribution in [0.1, 0.15) is 37.7 Å². The zero-order valence-electron chi connectivity index (χ0n) is 16.6. The molecule has 148 valence electrons. The zero-order chi connectivity index (χ0) is 18.9. The molecule has 1 fully saturated rings. The van der Waals surface area contributed by atoms with E-state index in [2.05, 4.69) is 16.3 Å². The number of amides is 2. The molecule has 1 saturated heterocycles. The lowest BCUT2D eigenvalue weighted by Crippen LogP contribution is -2.52. The first-order valence-corrected chi connectivity index (χ1v) is 10.3. The van der Waals surface area contributed by atoms with E-state index in [9.17, 15) is 4.79 Å². The fourth-order valence-corrected chi connectivity index (χ4v) is 3.93. The van der Waals surface area contributed by atoms with E-state index >= 15 is 0 Å². The van der Waals surface area contributed by atoms with Gasteiger partial charge in [-0.05, 0) is 50.2 Å².